The number of nitrogens with zero attached hydrogens (tertiary/aromatic N) is 2. The molecular weight excluding hydrogens is 611 g/mol. The molecule has 1 heterocycles. The maximum Gasteiger partial charge on any atom is 0.262 e. The third-order valence-corrected chi connectivity index (χ3v) is 9.94. The molecular formula is C31H34Cl2N4O5S. The number of carbonyl (C=O) groups excluding carboxylic acids is 2. The normalized spacial score (nSPS) is 14.8. The predicted molar refractivity (Wildman–Crippen MR) is 170 cm³/mol. The zero-order valence-electron chi connectivity index (χ0n) is 24.4. The molecule has 1 fully saturated rings. The second-order valence-electron chi connectivity index (χ2n) is 10.6. The van der Waals surface area contributed by atoms with Crippen molar-refractivity contribution in [1.82, 2.24) is 9.73 Å². The average molecular weight is 646 g/mol. The molecule has 0 radical (unpaired) electrons. The fourth-order valence-corrected chi connectivity index (χ4v) is 7.43. The van der Waals surface area contributed by atoms with Crippen LogP contribution < -0.4 is 15.5 Å². The summed E-state index contributed by atoms with van der Waals surface area (Å²) in [4.78, 5) is 25.5. The number of anilines is 1. The standard InChI is InChI=1S/C31H34Cl2N4O5S/c1-19-15-20(2)30(21(3)16-19)43(40,41)37-13-11-24(12-14-37)31(39)36-35-22(4)23-5-8-26(9-6-23)34-29(38)18-42-28-10-7-25(32)17-27(28)33/h5-10,15-17,24H,11-14,18H2,1-4H3,(H,34,38)(H,36,39). The van der Waals surface area contributed by atoms with Crippen LogP contribution in [0.4, 0.5) is 5.69 Å². The number of hydrogen-bond donors (Lipinski definition) is 2. The largest absolute Gasteiger partial charge is 0.482 e. The Morgan fingerprint density at radius 2 is 1.60 bits per heavy atom. The summed E-state index contributed by atoms with van der Waals surface area (Å²) < 4.78 is 33.6. The van der Waals surface area contributed by atoms with E-state index in [1.165, 1.54) is 10.4 Å². The van der Waals surface area contributed by atoms with Crippen LogP contribution in [0, 0.1) is 26.7 Å². The summed E-state index contributed by atoms with van der Waals surface area (Å²) in [5.41, 5.74) is 7.00. The number of aryl methyl sites for hydroxylation is 3. The van der Waals surface area contributed by atoms with E-state index >= 15 is 0 Å². The lowest BCUT2D eigenvalue weighted by molar-refractivity contribution is -0.126. The third kappa shape index (κ3) is 8.14. The fourth-order valence-electron chi connectivity index (χ4n) is 5.08. The second-order valence-corrected chi connectivity index (χ2v) is 13.3. The van der Waals surface area contributed by atoms with Gasteiger partial charge in [0.15, 0.2) is 6.61 Å². The van der Waals surface area contributed by atoms with Crippen molar-refractivity contribution in [2.75, 3.05) is 25.0 Å². The van der Waals surface area contributed by atoms with Crippen molar-refractivity contribution in [2.24, 2.45) is 11.0 Å². The first-order chi connectivity index (χ1) is 20.3. The van der Waals surface area contributed by atoms with Crippen molar-refractivity contribution in [3.8, 4) is 5.75 Å². The molecule has 4 rings (SSSR count). The molecule has 0 aromatic heterocycles. The maximum absolute atomic E-state index is 13.4. The van der Waals surface area contributed by atoms with Crippen molar-refractivity contribution in [3.63, 3.8) is 0 Å². The number of benzene rings is 3. The van der Waals surface area contributed by atoms with Crippen molar-refractivity contribution in [1.29, 1.82) is 0 Å². The zero-order chi connectivity index (χ0) is 31.3. The summed E-state index contributed by atoms with van der Waals surface area (Å²) in [6.07, 6.45) is 0.817. The molecule has 1 aliphatic heterocycles. The number of piperidine rings is 1. The topological polar surface area (TPSA) is 117 Å². The van der Waals surface area contributed by atoms with E-state index in [0.717, 1.165) is 22.3 Å². The Balaban J connectivity index is 1.27. The predicted octanol–water partition coefficient (Wildman–Crippen LogP) is 5.88. The lowest BCUT2D eigenvalue weighted by atomic mass is 9.98. The van der Waals surface area contributed by atoms with Gasteiger partial charge in [0, 0.05) is 29.7 Å². The van der Waals surface area contributed by atoms with E-state index in [-0.39, 0.29) is 37.4 Å². The van der Waals surface area contributed by atoms with E-state index in [0.29, 0.717) is 44.9 Å². The maximum atomic E-state index is 13.4. The summed E-state index contributed by atoms with van der Waals surface area (Å²) in [5, 5.41) is 7.77. The van der Waals surface area contributed by atoms with Crippen molar-refractivity contribution in [3.05, 3.63) is 86.9 Å². The molecule has 3 aromatic rings. The minimum Gasteiger partial charge on any atom is -0.482 e. The van der Waals surface area contributed by atoms with Crippen molar-refractivity contribution < 1.29 is 22.7 Å². The van der Waals surface area contributed by atoms with Gasteiger partial charge in [-0.25, -0.2) is 13.8 Å². The van der Waals surface area contributed by atoms with Gasteiger partial charge in [-0.1, -0.05) is 53.0 Å². The Bertz CT molecular complexity index is 1630. The zero-order valence-corrected chi connectivity index (χ0v) is 26.7. The summed E-state index contributed by atoms with van der Waals surface area (Å²) in [5.74, 6) is -0.595. The van der Waals surface area contributed by atoms with Crippen molar-refractivity contribution >= 4 is 56.4 Å². The van der Waals surface area contributed by atoms with Crippen LogP contribution in [0.5, 0.6) is 5.75 Å². The molecule has 2 N–H and O–H groups in total. The van der Waals surface area contributed by atoms with Gasteiger partial charge in [-0.2, -0.15) is 9.41 Å². The lowest BCUT2D eigenvalue weighted by Crippen LogP contribution is -2.42. The van der Waals surface area contributed by atoms with Gasteiger partial charge >= 0.3 is 0 Å². The van der Waals surface area contributed by atoms with Gasteiger partial charge in [0.25, 0.3) is 5.91 Å². The Hall–Kier alpha value is -3.44. The minimum atomic E-state index is -3.65. The Morgan fingerprint density at radius 1 is 0.977 bits per heavy atom. The molecule has 2 amide bonds. The monoisotopic (exact) mass is 644 g/mol. The van der Waals surface area contributed by atoms with Gasteiger partial charge in [0.1, 0.15) is 5.75 Å². The molecule has 0 bridgehead atoms. The van der Waals surface area contributed by atoms with Gasteiger partial charge in [-0.3, -0.25) is 9.59 Å². The van der Waals surface area contributed by atoms with Crippen LogP contribution in [0.3, 0.4) is 0 Å². The summed E-state index contributed by atoms with van der Waals surface area (Å²) >= 11 is 11.9. The molecule has 1 saturated heterocycles. The number of sulfonamides is 1. The summed E-state index contributed by atoms with van der Waals surface area (Å²) in [6, 6.07) is 15.5. The van der Waals surface area contributed by atoms with Gasteiger partial charge < -0.3 is 10.1 Å². The number of nitrogens with one attached hydrogen (secondary N) is 2. The van der Waals surface area contributed by atoms with E-state index in [4.69, 9.17) is 27.9 Å². The third-order valence-electron chi connectivity index (χ3n) is 7.20. The Labute approximate surface area is 262 Å². The lowest BCUT2D eigenvalue weighted by Gasteiger charge is -2.31. The number of hydrazone groups is 1. The van der Waals surface area contributed by atoms with Crippen LogP contribution in [0.25, 0.3) is 0 Å². The van der Waals surface area contributed by atoms with Crippen LogP contribution in [0.2, 0.25) is 10.0 Å². The van der Waals surface area contributed by atoms with E-state index in [9.17, 15) is 18.0 Å². The van der Waals surface area contributed by atoms with Crippen LogP contribution in [-0.2, 0) is 19.6 Å². The molecule has 12 heteroatoms. The van der Waals surface area contributed by atoms with Crippen LogP contribution >= 0.6 is 23.2 Å². The molecule has 0 aliphatic carbocycles. The van der Waals surface area contributed by atoms with Crippen LogP contribution in [0.15, 0.2) is 64.6 Å². The molecule has 0 spiro atoms. The number of amides is 2. The first-order valence-corrected chi connectivity index (χ1v) is 15.9. The molecule has 0 unspecified atom stereocenters. The van der Waals surface area contributed by atoms with E-state index in [2.05, 4.69) is 15.8 Å². The molecule has 1 aliphatic rings. The highest BCUT2D eigenvalue weighted by Gasteiger charge is 2.33. The molecule has 3 aromatic carbocycles. The molecule has 0 atom stereocenters. The van der Waals surface area contributed by atoms with Gasteiger partial charge in [0.05, 0.1) is 15.6 Å². The second kappa shape index (κ2) is 13.9. The number of carbonyl (C=O) groups is 2. The van der Waals surface area contributed by atoms with E-state index < -0.39 is 10.0 Å². The molecule has 9 nitrogen and oxygen atoms in total. The number of ether oxygens (including phenoxy) is 1. The molecule has 0 saturated carbocycles. The van der Waals surface area contributed by atoms with Gasteiger partial charge in [0.2, 0.25) is 15.9 Å². The van der Waals surface area contributed by atoms with E-state index in [1.54, 1.807) is 43.3 Å². The average Bonchev–Trinajstić information content (AvgIpc) is 2.95. The number of halogens is 2. The number of hydrogen-bond acceptors (Lipinski definition) is 6. The smallest absolute Gasteiger partial charge is 0.262 e. The highest BCUT2D eigenvalue weighted by atomic mass is 35.5. The fraction of sp³-hybridized carbons (Fsp3) is 0.323. The van der Waals surface area contributed by atoms with Crippen LogP contribution in [0.1, 0.15) is 42.0 Å². The highest BCUT2D eigenvalue weighted by molar-refractivity contribution is 7.89. The summed E-state index contributed by atoms with van der Waals surface area (Å²) in [6.45, 7) is 7.63. The summed E-state index contributed by atoms with van der Waals surface area (Å²) in [7, 11) is -3.65. The molecule has 228 valence electrons. The van der Waals surface area contributed by atoms with Gasteiger partial charge in [-0.05, 0) is 87.6 Å². The Kier molecular flexibility index (Phi) is 10.5. The van der Waals surface area contributed by atoms with Crippen LogP contribution in [-0.4, -0.2) is 49.9 Å². The van der Waals surface area contributed by atoms with Crippen molar-refractivity contribution in [2.45, 2.75) is 45.4 Å². The van der Waals surface area contributed by atoms with E-state index in [1.807, 2.05) is 32.9 Å². The molecule has 43 heavy (non-hydrogen) atoms. The first-order valence-electron chi connectivity index (χ1n) is 13.8. The highest BCUT2D eigenvalue weighted by Crippen LogP contribution is 2.29. The first kappa shape index (κ1) is 32.5. The quantitative estimate of drug-likeness (QED) is 0.223. The van der Waals surface area contributed by atoms with Gasteiger partial charge in [-0.15, -0.1) is 0 Å². The Morgan fingerprint density at radius 3 is 2.21 bits per heavy atom. The SMILES string of the molecule is CC(=NNC(=O)C1CCN(S(=O)(=O)c2c(C)cc(C)cc2C)CC1)c1ccc(NC(=O)COc2ccc(Cl)cc2Cl)cc1. The number of rotatable bonds is 9. The minimum absolute atomic E-state index is 0.230.